The lowest BCUT2D eigenvalue weighted by atomic mass is 10.3. The predicted molar refractivity (Wildman–Crippen MR) is 73.9 cm³/mol. The molecule has 0 aromatic carbocycles. The summed E-state index contributed by atoms with van der Waals surface area (Å²) in [6.45, 7) is 4.90. The van der Waals surface area contributed by atoms with Crippen molar-refractivity contribution >= 4 is 17.4 Å². The number of aryl methyl sites for hydroxylation is 3. The second-order valence-corrected chi connectivity index (χ2v) is 5.59. The smallest absolute Gasteiger partial charge is 0.315 e. The molecule has 2 heterocycles. The maximum Gasteiger partial charge on any atom is 0.315 e. The zero-order valence-corrected chi connectivity index (χ0v) is 12.0. The van der Waals surface area contributed by atoms with Crippen molar-refractivity contribution in [2.75, 3.05) is 0 Å². The molecular formula is C12H17N5OS. The maximum absolute atomic E-state index is 11.6. The number of rotatable bonds is 4. The number of carbonyl (C=O) groups is 1. The van der Waals surface area contributed by atoms with Gasteiger partial charge in [0.2, 0.25) is 0 Å². The van der Waals surface area contributed by atoms with E-state index in [-0.39, 0.29) is 6.03 Å². The molecule has 2 N–H and O–H groups in total. The van der Waals surface area contributed by atoms with Gasteiger partial charge in [-0.1, -0.05) is 0 Å². The fraction of sp³-hybridized carbons (Fsp3) is 0.417. The molecule has 0 spiro atoms. The van der Waals surface area contributed by atoms with Gasteiger partial charge in [0.1, 0.15) is 0 Å². The Hall–Kier alpha value is -1.89. The molecule has 0 saturated carbocycles. The highest BCUT2D eigenvalue weighted by molar-refractivity contribution is 7.11. The van der Waals surface area contributed by atoms with E-state index in [1.165, 1.54) is 0 Å². The van der Waals surface area contributed by atoms with Crippen molar-refractivity contribution in [2.45, 2.75) is 26.9 Å². The van der Waals surface area contributed by atoms with E-state index in [1.807, 2.05) is 27.1 Å². The highest BCUT2D eigenvalue weighted by Gasteiger charge is 2.07. The summed E-state index contributed by atoms with van der Waals surface area (Å²) < 4.78 is 1.71. The van der Waals surface area contributed by atoms with Gasteiger partial charge in [-0.3, -0.25) is 4.68 Å². The Kier molecular flexibility index (Phi) is 4.16. The van der Waals surface area contributed by atoms with Gasteiger partial charge in [0.05, 0.1) is 23.4 Å². The number of amides is 2. The zero-order valence-electron chi connectivity index (χ0n) is 11.2. The van der Waals surface area contributed by atoms with Crippen molar-refractivity contribution in [1.82, 2.24) is 25.4 Å². The van der Waals surface area contributed by atoms with Crippen LogP contribution in [0, 0.1) is 13.8 Å². The van der Waals surface area contributed by atoms with E-state index in [0.717, 1.165) is 21.1 Å². The van der Waals surface area contributed by atoms with E-state index >= 15 is 0 Å². The van der Waals surface area contributed by atoms with Gasteiger partial charge in [-0.05, 0) is 13.8 Å². The number of nitrogens with one attached hydrogen (secondary N) is 2. The first-order valence-corrected chi connectivity index (χ1v) is 6.78. The average molecular weight is 279 g/mol. The minimum atomic E-state index is -0.186. The highest BCUT2D eigenvalue weighted by Crippen LogP contribution is 2.16. The summed E-state index contributed by atoms with van der Waals surface area (Å²) in [6.07, 6.45) is 3.61. The van der Waals surface area contributed by atoms with Gasteiger partial charge in [-0.15, -0.1) is 11.3 Å². The molecule has 0 atom stereocenters. The summed E-state index contributed by atoms with van der Waals surface area (Å²) in [5.41, 5.74) is 1.96. The Morgan fingerprint density at radius 1 is 1.37 bits per heavy atom. The highest BCUT2D eigenvalue weighted by atomic mass is 32.1. The Morgan fingerprint density at radius 3 is 2.68 bits per heavy atom. The Balaban J connectivity index is 1.77. The molecule has 2 aromatic rings. The van der Waals surface area contributed by atoms with Gasteiger partial charge >= 0.3 is 6.03 Å². The second-order valence-electron chi connectivity index (χ2n) is 4.30. The van der Waals surface area contributed by atoms with Crippen LogP contribution in [0.3, 0.4) is 0 Å². The Labute approximate surface area is 115 Å². The minimum absolute atomic E-state index is 0.186. The average Bonchev–Trinajstić information content (AvgIpc) is 2.90. The molecule has 19 heavy (non-hydrogen) atoms. The van der Waals surface area contributed by atoms with Crippen molar-refractivity contribution < 1.29 is 4.79 Å². The van der Waals surface area contributed by atoms with E-state index in [9.17, 15) is 4.79 Å². The third-order valence-corrected chi connectivity index (χ3v) is 3.69. The number of hydrogen-bond donors (Lipinski definition) is 2. The van der Waals surface area contributed by atoms with Gasteiger partial charge in [-0.2, -0.15) is 5.10 Å². The van der Waals surface area contributed by atoms with Gasteiger partial charge in [0.15, 0.2) is 0 Å². The molecule has 0 aliphatic rings. The second kappa shape index (κ2) is 5.83. The molecule has 0 aliphatic carbocycles. The third kappa shape index (κ3) is 3.78. The molecule has 2 rings (SSSR count). The first kappa shape index (κ1) is 13.5. The third-order valence-electron chi connectivity index (χ3n) is 2.62. The number of aromatic nitrogens is 3. The lowest BCUT2D eigenvalue weighted by Gasteiger charge is -2.05. The molecule has 0 radical (unpaired) electrons. The molecular weight excluding hydrogens is 262 g/mol. The van der Waals surface area contributed by atoms with Crippen molar-refractivity contribution in [3.63, 3.8) is 0 Å². The van der Waals surface area contributed by atoms with Crippen LogP contribution >= 0.6 is 11.3 Å². The van der Waals surface area contributed by atoms with Crippen LogP contribution in [-0.2, 0) is 20.1 Å². The maximum atomic E-state index is 11.6. The molecule has 2 amide bonds. The summed E-state index contributed by atoms with van der Waals surface area (Å²) in [5.74, 6) is 0. The van der Waals surface area contributed by atoms with E-state index in [2.05, 4.69) is 20.7 Å². The molecule has 0 aliphatic heterocycles. The molecule has 2 aromatic heterocycles. The first-order chi connectivity index (χ1) is 9.04. The van der Waals surface area contributed by atoms with Gasteiger partial charge in [0, 0.05) is 30.2 Å². The molecule has 6 nitrogen and oxygen atoms in total. The van der Waals surface area contributed by atoms with Gasteiger partial charge in [-0.25, -0.2) is 9.78 Å². The summed E-state index contributed by atoms with van der Waals surface area (Å²) in [5, 5.41) is 10.7. The van der Waals surface area contributed by atoms with E-state index in [4.69, 9.17) is 0 Å². The number of hydrogen-bond acceptors (Lipinski definition) is 4. The summed E-state index contributed by atoms with van der Waals surface area (Å²) in [4.78, 5) is 17.1. The minimum Gasteiger partial charge on any atom is -0.334 e. The number of thiazole rings is 1. The fourth-order valence-electron chi connectivity index (χ4n) is 1.71. The van der Waals surface area contributed by atoms with Crippen LogP contribution < -0.4 is 10.6 Å². The zero-order chi connectivity index (χ0) is 13.8. The number of urea groups is 1. The lowest BCUT2D eigenvalue weighted by Crippen LogP contribution is -2.34. The van der Waals surface area contributed by atoms with Crippen LogP contribution in [0.15, 0.2) is 12.4 Å². The van der Waals surface area contributed by atoms with Crippen LogP contribution in [0.1, 0.15) is 21.1 Å². The van der Waals surface area contributed by atoms with E-state index in [1.54, 1.807) is 22.2 Å². The van der Waals surface area contributed by atoms with Crippen LogP contribution in [0.4, 0.5) is 4.79 Å². The van der Waals surface area contributed by atoms with Crippen molar-refractivity contribution in [3.8, 4) is 0 Å². The van der Waals surface area contributed by atoms with E-state index in [0.29, 0.717) is 13.1 Å². The normalized spacial score (nSPS) is 10.5. The van der Waals surface area contributed by atoms with Crippen LogP contribution in [0.25, 0.3) is 0 Å². The van der Waals surface area contributed by atoms with Gasteiger partial charge in [0.25, 0.3) is 0 Å². The van der Waals surface area contributed by atoms with Gasteiger partial charge < -0.3 is 10.6 Å². The molecule has 0 unspecified atom stereocenters. The van der Waals surface area contributed by atoms with Crippen LogP contribution in [-0.4, -0.2) is 20.8 Å². The van der Waals surface area contributed by atoms with Crippen LogP contribution in [0.2, 0.25) is 0 Å². The van der Waals surface area contributed by atoms with Crippen molar-refractivity contribution in [3.05, 3.63) is 33.5 Å². The standard InChI is InChI=1S/C12H17N5OS/c1-8-11(19-9(2)16-8)6-14-12(18)13-4-10-5-15-17(3)7-10/h5,7H,4,6H2,1-3H3,(H2,13,14,18). The summed E-state index contributed by atoms with van der Waals surface area (Å²) in [7, 11) is 1.85. The first-order valence-electron chi connectivity index (χ1n) is 5.96. The summed E-state index contributed by atoms with van der Waals surface area (Å²) in [6, 6.07) is -0.186. The predicted octanol–water partition coefficient (Wildman–Crippen LogP) is 1.49. The Bertz CT molecular complexity index is 574. The number of nitrogens with zero attached hydrogens (tertiary/aromatic N) is 3. The van der Waals surface area contributed by atoms with Crippen LogP contribution in [0.5, 0.6) is 0 Å². The monoisotopic (exact) mass is 279 g/mol. The largest absolute Gasteiger partial charge is 0.334 e. The lowest BCUT2D eigenvalue weighted by molar-refractivity contribution is 0.240. The Morgan fingerprint density at radius 2 is 2.11 bits per heavy atom. The van der Waals surface area contributed by atoms with E-state index < -0.39 is 0 Å². The topological polar surface area (TPSA) is 71.8 Å². The van der Waals surface area contributed by atoms with Crippen molar-refractivity contribution in [1.29, 1.82) is 0 Å². The fourth-order valence-corrected chi connectivity index (χ4v) is 2.58. The summed E-state index contributed by atoms with van der Waals surface area (Å²) >= 11 is 1.61. The molecule has 0 bridgehead atoms. The molecule has 102 valence electrons. The quantitative estimate of drug-likeness (QED) is 0.890. The molecule has 7 heteroatoms. The molecule has 0 saturated heterocycles. The SMILES string of the molecule is Cc1nc(C)c(CNC(=O)NCc2cnn(C)c2)s1. The van der Waals surface area contributed by atoms with Crippen molar-refractivity contribution in [2.24, 2.45) is 7.05 Å². The number of carbonyl (C=O) groups excluding carboxylic acids is 1. The molecule has 0 fully saturated rings.